The van der Waals surface area contributed by atoms with Gasteiger partial charge in [0, 0.05) is 49.3 Å². The number of alkyl halides is 3. The molecule has 0 atom stereocenters. The first kappa shape index (κ1) is 22.1. The van der Waals surface area contributed by atoms with Crippen LogP contribution in [0.2, 0.25) is 0 Å². The molecule has 1 fully saturated rings. The number of ether oxygens (including phenoxy) is 2. The third-order valence-electron chi connectivity index (χ3n) is 6.13. The van der Waals surface area contributed by atoms with E-state index >= 15 is 0 Å². The SMILES string of the molecule is COc1cc(Nc2ccc(N3CCC(C(F)(F)F)CC3)cc2C)cc2c1N(C)C(=O)CO2. The molecule has 1 saturated heterocycles. The first-order valence-corrected chi connectivity index (χ1v) is 10.5. The zero-order chi connectivity index (χ0) is 23.0. The molecule has 1 N–H and O–H groups in total. The molecule has 172 valence electrons. The summed E-state index contributed by atoms with van der Waals surface area (Å²) in [6, 6.07) is 9.43. The topological polar surface area (TPSA) is 54.0 Å². The molecule has 2 aromatic carbocycles. The van der Waals surface area contributed by atoms with Crippen LogP contribution in [0.25, 0.3) is 0 Å². The molecule has 0 aliphatic carbocycles. The van der Waals surface area contributed by atoms with Crippen molar-refractivity contribution in [3.8, 4) is 11.5 Å². The van der Waals surface area contributed by atoms with Crippen molar-refractivity contribution in [2.24, 2.45) is 5.92 Å². The Bertz CT molecular complexity index is 1000. The van der Waals surface area contributed by atoms with E-state index < -0.39 is 12.1 Å². The largest absolute Gasteiger partial charge is 0.494 e. The Morgan fingerprint density at radius 1 is 1.16 bits per heavy atom. The third kappa shape index (κ3) is 4.28. The molecule has 2 aliphatic heterocycles. The fourth-order valence-corrected chi connectivity index (χ4v) is 4.22. The molecule has 32 heavy (non-hydrogen) atoms. The molecule has 4 rings (SSSR count). The van der Waals surface area contributed by atoms with Gasteiger partial charge in [0.05, 0.1) is 13.0 Å². The van der Waals surface area contributed by atoms with E-state index in [0.29, 0.717) is 30.3 Å². The number of nitrogens with zero attached hydrogens (tertiary/aromatic N) is 2. The number of aryl methyl sites for hydroxylation is 1. The molecule has 0 radical (unpaired) electrons. The lowest BCUT2D eigenvalue weighted by molar-refractivity contribution is -0.179. The van der Waals surface area contributed by atoms with Crippen molar-refractivity contribution in [3.63, 3.8) is 0 Å². The Kier molecular flexibility index (Phi) is 5.83. The van der Waals surface area contributed by atoms with Crippen LogP contribution in [0.1, 0.15) is 18.4 Å². The van der Waals surface area contributed by atoms with Crippen molar-refractivity contribution in [2.75, 3.05) is 49.0 Å². The lowest BCUT2D eigenvalue weighted by atomic mass is 9.96. The highest BCUT2D eigenvalue weighted by Gasteiger charge is 2.41. The first-order chi connectivity index (χ1) is 15.2. The zero-order valence-electron chi connectivity index (χ0n) is 18.3. The second kappa shape index (κ2) is 8.44. The molecule has 0 aromatic heterocycles. The van der Waals surface area contributed by atoms with Gasteiger partial charge in [0.15, 0.2) is 6.61 Å². The maximum atomic E-state index is 12.9. The van der Waals surface area contributed by atoms with Crippen LogP contribution in [-0.2, 0) is 4.79 Å². The minimum atomic E-state index is -4.11. The molecule has 0 unspecified atom stereocenters. The van der Waals surface area contributed by atoms with Crippen molar-refractivity contribution in [1.29, 1.82) is 0 Å². The number of fused-ring (bicyclic) bond motifs is 1. The molecule has 2 aromatic rings. The minimum Gasteiger partial charge on any atom is -0.494 e. The summed E-state index contributed by atoms with van der Waals surface area (Å²) >= 11 is 0. The molecule has 9 heteroatoms. The van der Waals surface area contributed by atoms with Gasteiger partial charge in [0.25, 0.3) is 5.91 Å². The predicted octanol–water partition coefficient (Wildman–Crippen LogP) is 4.88. The number of amides is 1. The van der Waals surface area contributed by atoms with Gasteiger partial charge in [0.2, 0.25) is 0 Å². The fraction of sp³-hybridized carbons (Fsp3) is 0.435. The zero-order valence-corrected chi connectivity index (χ0v) is 18.3. The van der Waals surface area contributed by atoms with Crippen LogP contribution in [0.3, 0.4) is 0 Å². The average molecular weight is 449 g/mol. The Balaban J connectivity index is 1.51. The van der Waals surface area contributed by atoms with Crippen LogP contribution in [0.4, 0.5) is 35.9 Å². The highest BCUT2D eigenvalue weighted by atomic mass is 19.4. The van der Waals surface area contributed by atoms with Gasteiger partial charge in [-0.2, -0.15) is 13.2 Å². The van der Waals surface area contributed by atoms with Crippen LogP contribution < -0.4 is 24.6 Å². The molecular weight excluding hydrogens is 423 g/mol. The van der Waals surface area contributed by atoms with Gasteiger partial charge in [-0.05, 0) is 43.5 Å². The smallest absolute Gasteiger partial charge is 0.391 e. The lowest BCUT2D eigenvalue weighted by Gasteiger charge is -2.34. The number of methoxy groups -OCH3 is 1. The first-order valence-electron chi connectivity index (χ1n) is 10.5. The number of benzene rings is 2. The number of carbonyl (C=O) groups is 1. The summed E-state index contributed by atoms with van der Waals surface area (Å²) in [6.45, 7) is 2.70. The lowest BCUT2D eigenvalue weighted by Crippen LogP contribution is -2.39. The second-order valence-corrected chi connectivity index (χ2v) is 8.19. The van der Waals surface area contributed by atoms with Crippen LogP contribution in [0.15, 0.2) is 30.3 Å². The number of anilines is 4. The number of nitrogens with one attached hydrogen (secondary N) is 1. The van der Waals surface area contributed by atoms with E-state index in [4.69, 9.17) is 9.47 Å². The van der Waals surface area contributed by atoms with E-state index in [1.165, 1.54) is 12.0 Å². The van der Waals surface area contributed by atoms with Crippen LogP contribution in [0, 0.1) is 12.8 Å². The van der Waals surface area contributed by atoms with Crippen molar-refractivity contribution in [2.45, 2.75) is 25.9 Å². The van der Waals surface area contributed by atoms with Crippen LogP contribution in [-0.4, -0.2) is 45.9 Å². The number of likely N-dealkylation sites (N-methyl/N-ethyl adjacent to an activating group) is 1. The number of hydrogen-bond donors (Lipinski definition) is 1. The number of carbonyl (C=O) groups excluding carboxylic acids is 1. The highest BCUT2D eigenvalue weighted by molar-refractivity contribution is 5.99. The van der Waals surface area contributed by atoms with E-state index in [9.17, 15) is 18.0 Å². The van der Waals surface area contributed by atoms with Gasteiger partial charge in [0.1, 0.15) is 17.2 Å². The molecule has 6 nitrogen and oxygen atoms in total. The maximum Gasteiger partial charge on any atom is 0.391 e. The third-order valence-corrected chi connectivity index (χ3v) is 6.13. The average Bonchev–Trinajstić information content (AvgIpc) is 2.76. The van der Waals surface area contributed by atoms with Crippen molar-refractivity contribution < 1.29 is 27.4 Å². The monoisotopic (exact) mass is 449 g/mol. The van der Waals surface area contributed by atoms with E-state index in [-0.39, 0.29) is 25.4 Å². The summed E-state index contributed by atoms with van der Waals surface area (Å²) in [4.78, 5) is 15.5. The molecule has 1 amide bonds. The number of rotatable bonds is 4. The molecule has 2 aliphatic rings. The summed E-state index contributed by atoms with van der Waals surface area (Å²) < 4.78 is 49.9. The Morgan fingerprint density at radius 3 is 2.50 bits per heavy atom. The number of halogens is 3. The van der Waals surface area contributed by atoms with E-state index in [1.807, 2.05) is 36.1 Å². The van der Waals surface area contributed by atoms with E-state index in [2.05, 4.69) is 5.32 Å². The van der Waals surface area contributed by atoms with Gasteiger partial charge < -0.3 is 24.6 Å². The van der Waals surface area contributed by atoms with E-state index in [1.54, 1.807) is 13.1 Å². The molecule has 0 saturated carbocycles. The number of hydrogen-bond acceptors (Lipinski definition) is 5. The maximum absolute atomic E-state index is 12.9. The predicted molar refractivity (Wildman–Crippen MR) is 117 cm³/mol. The molecular formula is C23H26F3N3O3. The van der Waals surface area contributed by atoms with Crippen molar-refractivity contribution >= 4 is 28.7 Å². The van der Waals surface area contributed by atoms with Crippen LogP contribution >= 0.6 is 0 Å². The van der Waals surface area contributed by atoms with Gasteiger partial charge in [-0.3, -0.25) is 4.79 Å². The van der Waals surface area contributed by atoms with E-state index in [0.717, 1.165) is 22.6 Å². The van der Waals surface area contributed by atoms with Gasteiger partial charge in [-0.25, -0.2) is 0 Å². The molecule has 0 bridgehead atoms. The minimum absolute atomic E-state index is 0.0329. The Hall–Kier alpha value is -3.10. The van der Waals surface area contributed by atoms with Crippen molar-refractivity contribution in [3.05, 3.63) is 35.9 Å². The summed E-state index contributed by atoms with van der Waals surface area (Å²) in [5, 5.41) is 3.35. The standard InChI is InChI=1S/C23H26F3N3O3/c1-14-10-17(29-8-6-15(7-9-29)23(24,25)26)4-5-18(14)27-16-11-19(31-3)22-20(12-16)32-13-21(30)28(22)2/h4-5,10-12,15,27H,6-9,13H2,1-3H3. The highest BCUT2D eigenvalue weighted by Crippen LogP contribution is 2.43. The summed E-state index contributed by atoms with van der Waals surface area (Å²) in [5.74, 6) is -0.295. The molecule has 2 heterocycles. The van der Waals surface area contributed by atoms with Gasteiger partial charge >= 0.3 is 6.18 Å². The quantitative estimate of drug-likeness (QED) is 0.721. The second-order valence-electron chi connectivity index (χ2n) is 8.19. The normalized spacial score (nSPS) is 17.1. The summed E-state index contributed by atoms with van der Waals surface area (Å²) in [5.41, 5.74) is 4.07. The Morgan fingerprint density at radius 2 is 1.88 bits per heavy atom. The summed E-state index contributed by atoms with van der Waals surface area (Å²) in [6.07, 6.45) is -3.87. The summed E-state index contributed by atoms with van der Waals surface area (Å²) in [7, 11) is 3.22. The fourth-order valence-electron chi connectivity index (χ4n) is 4.22. The Labute approximate surface area is 184 Å². The van der Waals surface area contributed by atoms with Crippen molar-refractivity contribution in [1.82, 2.24) is 0 Å². The van der Waals surface area contributed by atoms with Gasteiger partial charge in [-0.1, -0.05) is 0 Å². The van der Waals surface area contributed by atoms with Crippen LogP contribution in [0.5, 0.6) is 11.5 Å². The number of piperidine rings is 1. The van der Waals surface area contributed by atoms with Gasteiger partial charge in [-0.15, -0.1) is 0 Å². The molecule has 0 spiro atoms.